The van der Waals surface area contributed by atoms with E-state index >= 15 is 0 Å². The second kappa shape index (κ2) is 7.49. The van der Waals surface area contributed by atoms with Gasteiger partial charge in [-0.25, -0.2) is 0 Å². The third-order valence-electron chi connectivity index (χ3n) is 6.20. The van der Waals surface area contributed by atoms with Crippen LogP contribution in [0.5, 0.6) is 0 Å². The number of aliphatic hydroxyl groups is 1. The van der Waals surface area contributed by atoms with Crippen LogP contribution in [0.15, 0.2) is 36.4 Å². The summed E-state index contributed by atoms with van der Waals surface area (Å²) in [7, 11) is 0. The number of anilines is 1. The molecule has 0 amide bonds. The van der Waals surface area contributed by atoms with Crippen molar-refractivity contribution in [1.29, 1.82) is 0 Å². The fourth-order valence-corrected chi connectivity index (χ4v) is 5.25. The van der Waals surface area contributed by atoms with Gasteiger partial charge in [0.2, 0.25) is 0 Å². The Labute approximate surface area is 170 Å². The van der Waals surface area contributed by atoms with Crippen molar-refractivity contribution >= 4 is 28.3 Å². The molecule has 3 nitrogen and oxygen atoms in total. The number of piperazine rings is 1. The zero-order valence-corrected chi connectivity index (χ0v) is 17.7. The number of nitrogens with zero attached hydrogens (tertiary/aromatic N) is 2. The van der Waals surface area contributed by atoms with Crippen molar-refractivity contribution in [3.05, 3.63) is 62.2 Å². The number of aliphatic hydroxyl groups excluding tert-OH is 1. The lowest BCUT2D eigenvalue weighted by atomic mass is 9.85. The predicted octanol–water partition coefficient (Wildman–Crippen LogP) is 3.56. The summed E-state index contributed by atoms with van der Waals surface area (Å²) in [6.07, 6.45) is 1.50. The van der Waals surface area contributed by atoms with E-state index in [0.717, 1.165) is 39.0 Å². The Bertz CT molecular complexity index is 799. The lowest BCUT2D eigenvalue weighted by molar-refractivity contribution is 0.0393. The number of hydrogen-bond donors (Lipinski definition) is 1. The summed E-state index contributed by atoms with van der Waals surface area (Å²) in [5, 5.41) is 10.8. The molecule has 0 unspecified atom stereocenters. The number of benzene rings is 2. The minimum atomic E-state index is -0.257. The molecule has 1 heterocycles. The number of halogens is 1. The van der Waals surface area contributed by atoms with E-state index in [-0.39, 0.29) is 12.1 Å². The highest BCUT2D eigenvalue weighted by Gasteiger charge is 2.34. The Morgan fingerprint density at radius 1 is 0.962 bits per heavy atom. The minimum absolute atomic E-state index is 0.249. The van der Waals surface area contributed by atoms with Gasteiger partial charge in [-0.15, -0.1) is 0 Å². The summed E-state index contributed by atoms with van der Waals surface area (Å²) >= 11 is 2.44. The van der Waals surface area contributed by atoms with Gasteiger partial charge in [0.15, 0.2) is 0 Å². The molecule has 1 aliphatic carbocycles. The van der Waals surface area contributed by atoms with Gasteiger partial charge in [0, 0.05) is 47.9 Å². The van der Waals surface area contributed by atoms with E-state index in [4.69, 9.17) is 0 Å². The van der Waals surface area contributed by atoms with E-state index in [1.807, 2.05) is 0 Å². The van der Waals surface area contributed by atoms with E-state index in [1.54, 1.807) is 0 Å². The van der Waals surface area contributed by atoms with Crippen molar-refractivity contribution in [2.45, 2.75) is 38.8 Å². The summed E-state index contributed by atoms with van der Waals surface area (Å²) < 4.78 is 1.34. The van der Waals surface area contributed by atoms with Gasteiger partial charge in [-0.2, -0.15) is 0 Å². The summed E-state index contributed by atoms with van der Waals surface area (Å²) in [6.45, 7) is 8.52. The molecular weight excluding hydrogens is 435 g/mol. The van der Waals surface area contributed by atoms with Crippen molar-refractivity contribution in [3.8, 4) is 0 Å². The first kappa shape index (κ1) is 18.3. The molecule has 0 spiro atoms. The molecule has 1 aliphatic heterocycles. The monoisotopic (exact) mass is 462 g/mol. The molecular formula is C22H27IN2O. The van der Waals surface area contributed by atoms with Gasteiger partial charge in [-0.1, -0.05) is 24.3 Å². The molecule has 0 saturated carbocycles. The molecule has 2 atom stereocenters. The first-order valence-corrected chi connectivity index (χ1v) is 10.6. The maximum atomic E-state index is 10.8. The van der Waals surface area contributed by atoms with Crippen LogP contribution in [0.3, 0.4) is 0 Å². The molecule has 0 bridgehead atoms. The van der Waals surface area contributed by atoms with E-state index < -0.39 is 0 Å². The molecule has 1 fully saturated rings. The van der Waals surface area contributed by atoms with Gasteiger partial charge < -0.3 is 10.0 Å². The molecule has 2 aromatic rings. The zero-order valence-electron chi connectivity index (χ0n) is 15.6. The van der Waals surface area contributed by atoms with Gasteiger partial charge in [0.05, 0.1) is 6.10 Å². The average molecular weight is 462 g/mol. The number of aryl methyl sites for hydroxylation is 1. The normalized spacial score (nSPS) is 23.8. The number of hydrogen-bond acceptors (Lipinski definition) is 3. The Kier molecular flexibility index (Phi) is 5.26. The highest BCUT2D eigenvalue weighted by Crippen LogP contribution is 2.30. The molecule has 0 aromatic heterocycles. The van der Waals surface area contributed by atoms with Crippen molar-refractivity contribution in [1.82, 2.24) is 4.90 Å². The maximum Gasteiger partial charge on any atom is 0.0739 e. The van der Waals surface area contributed by atoms with Gasteiger partial charge in [0.1, 0.15) is 0 Å². The fourth-order valence-electron chi connectivity index (χ4n) is 4.47. The molecule has 1 saturated heterocycles. The second-order valence-corrected chi connectivity index (χ2v) is 8.82. The smallest absolute Gasteiger partial charge is 0.0739 e. The zero-order chi connectivity index (χ0) is 18.3. The van der Waals surface area contributed by atoms with Crippen LogP contribution in [0.2, 0.25) is 0 Å². The molecule has 2 aliphatic rings. The number of rotatable bonds is 2. The first-order valence-electron chi connectivity index (χ1n) is 9.54. The Morgan fingerprint density at radius 3 is 2.46 bits per heavy atom. The summed E-state index contributed by atoms with van der Waals surface area (Å²) in [6, 6.07) is 13.3. The fraction of sp³-hybridized carbons (Fsp3) is 0.455. The van der Waals surface area contributed by atoms with Crippen LogP contribution >= 0.6 is 22.6 Å². The lowest BCUT2D eigenvalue weighted by Gasteiger charge is -2.44. The lowest BCUT2D eigenvalue weighted by Crippen LogP contribution is -2.56. The maximum absolute atomic E-state index is 10.8. The van der Waals surface area contributed by atoms with Gasteiger partial charge >= 0.3 is 0 Å². The quantitative estimate of drug-likeness (QED) is 0.692. The highest BCUT2D eigenvalue weighted by molar-refractivity contribution is 14.1. The van der Waals surface area contributed by atoms with E-state index in [2.05, 4.69) is 82.6 Å². The van der Waals surface area contributed by atoms with Crippen molar-refractivity contribution in [3.63, 3.8) is 0 Å². The first-order chi connectivity index (χ1) is 12.5. The standard InChI is InChI=1S/C22H27IN2O/c1-15-5-3-8-20(16(15)2)24-9-11-25(12-10-24)21-14-18-17(13-22(21)26)6-4-7-19(18)23/h3-8,21-22,26H,9-14H2,1-2H3/t21-,22-/m1/s1. The molecule has 138 valence electrons. The number of fused-ring (bicyclic) bond motifs is 1. The molecule has 1 N–H and O–H groups in total. The van der Waals surface area contributed by atoms with Gasteiger partial charge in [-0.3, -0.25) is 4.90 Å². The van der Waals surface area contributed by atoms with Crippen LogP contribution in [0.4, 0.5) is 5.69 Å². The summed E-state index contributed by atoms with van der Waals surface area (Å²) in [5.74, 6) is 0. The van der Waals surface area contributed by atoms with Crippen LogP contribution in [0, 0.1) is 17.4 Å². The topological polar surface area (TPSA) is 26.7 Å². The highest BCUT2D eigenvalue weighted by atomic mass is 127. The van der Waals surface area contributed by atoms with Crippen LogP contribution in [-0.2, 0) is 12.8 Å². The van der Waals surface area contributed by atoms with Crippen molar-refractivity contribution < 1.29 is 5.11 Å². The third-order valence-corrected chi connectivity index (χ3v) is 7.21. The van der Waals surface area contributed by atoms with E-state index in [1.165, 1.54) is 31.5 Å². The molecule has 2 aromatic carbocycles. The minimum Gasteiger partial charge on any atom is -0.391 e. The van der Waals surface area contributed by atoms with E-state index in [0.29, 0.717) is 0 Å². The molecule has 4 rings (SSSR count). The summed E-state index contributed by atoms with van der Waals surface area (Å²) in [4.78, 5) is 5.02. The van der Waals surface area contributed by atoms with Crippen LogP contribution < -0.4 is 4.90 Å². The van der Waals surface area contributed by atoms with Crippen molar-refractivity contribution in [2.24, 2.45) is 0 Å². The largest absolute Gasteiger partial charge is 0.391 e. The van der Waals surface area contributed by atoms with Gasteiger partial charge in [-0.05, 0) is 77.2 Å². The van der Waals surface area contributed by atoms with Crippen LogP contribution in [0.25, 0.3) is 0 Å². The Balaban J connectivity index is 1.47. The summed E-state index contributed by atoms with van der Waals surface area (Å²) in [5.41, 5.74) is 6.89. The second-order valence-electron chi connectivity index (χ2n) is 7.66. The van der Waals surface area contributed by atoms with Crippen molar-refractivity contribution in [2.75, 3.05) is 31.1 Å². The SMILES string of the molecule is Cc1cccc(N2CCN([C@@H]3Cc4c(I)cccc4C[C@H]3O)CC2)c1C. The third kappa shape index (κ3) is 3.39. The van der Waals surface area contributed by atoms with Crippen LogP contribution in [0.1, 0.15) is 22.3 Å². The van der Waals surface area contributed by atoms with Crippen LogP contribution in [-0.4, -0.2) is 48.3 Å². The molecule has 0 radical (unpaired) electrons. The molecule has 4 heteroatoms. The predicted molar refractivity (Wildman–Crippen MR) is 116 cm³/mol. The average Bonchev–Trinajstić information content (AvgIpc) is 2.64. The Morgan fingerprint density at radius 2 is 1.69 bits per heavy atom. The van der Waals surface area contributed by atoms with Gasteiger partial charge in [0.25, 0.3) is 0 Å². The van der Waals surface area contributed by atoms with E-state index in [9.17, 15) is 5.11 Å². The Hall–Kier alpha value is -1.11. The molecule has 26 heavy (non-hydrogen) atoms.